The van der Waals surface area contributed by atoms with Crippen molar-refractivity contribution in [1.82, 2.24) is 10.2 Å². The number of anilines is 1. The third-order valence-electron chi connectivity index (χ3n) is 4.95. The van der Waals surface area contributed by atoms with E-state index >= 15 is 0 Å². The van der Waals surface area contributed by atoms with Crippen LogP contribution in [0.3, 0.4) is 0 Å². The Bertz CT molecular complexity index is 651. The number of rotatable bonds is 4. The number of ether oxygens (including phenoxy) is 1. The number of hydrogen-bond donors (Lipinski definition) is 1. The van der Waals surface area contributed by atoms with Crippen LogP contribution in [0.15, 0.2) is 18.2 Å². The van der Waals surface area contributed by atoms with Gasteiger partial charge in [-0.25, -0.2) is 0 Å². The molecular weight excluding hydrogens is 306 g/mol. The fourth-order valence-corrected chi connectivity index (χ4v) is 3.37. The van der Waals surface area contributed by atoms with Crippen molar-refractivity contribution in [2.24, 2.45) is 0 Å². The highest BCUT2D eigenvalue weighted by atomic mass is 16.5. The van der Waals surface area contributed by atoms with Crippen LogP contribution in [0.4, 0.5) is 5.69 Å². The molecule has 0 aliphatic carbocycles. The highest BCUT2D eigenvalue weighted by Gasteiger charge is 2.42. The standard InChI is InChI=1S/C18H25N3O3/c1-18(2)14-12-13(4-5-15(14)20(3)17(18)23)16(22)19-6-7-21-8-10-24-11-9-21/h4-5,12H,6-11H2,1-3H3,(H,19,22). The molecule has 0 bridgehead atoms. The van der Waals surface area contributed by atoms with Crippen molar-refractivity contribution in [3.05, 3.63) is 29.3 Å². The molecular formula is C18H25N3O3. The second-order valence-electron chi connectivity index (χ2n) is 6.93. The summed E-state index contributed by atoms with van der Waals surface area (Å²) in [7, 11) is 1.78. The van der Waals surface area contributed by atoms with Crippen molar-refractivity contribution >= 4 is 17.5 Å². The van der Waals surface area contributed by atoms with Crippen LogP contribution >= 0.6 is 0 Å². The van der Waals surface area contributed by atoms with E-state index in [1.807, 2.05) is 26.0 Å². The van der Waals surface area contributed by atoms with E-state index in [1.165, 1.54) is 0 Å². The van der Waals surface area contributed by atoms with Gasteiger partial charge >= 0.3 is 0 Å². The Labute approximate surface area is 142 Å². The first-order valence-corrected chi connectivity index (χ1v) is 8.42. The summed E-state index contributed by atoms with van der Waals surface area (Å²) in [5, 5.41) is 2.97. The highest BCUT2D eigenvalue weighted by Crippen LogP contribution is 2.40. The molecule has 0 spiro atoms. The molecule has 130 valence electrons. The van der Waals surface area contributed by atoms with Gasteiger partial charge in [0.05, 0.1) is 18.6 Å². The molecule has 2 heterocycles. The molecule has 6 heteroatoms. The number of benzene rings is 1. The zero-order chi connectivity index (χ0) is 17.3. The van der Waals surface area contributed by atoms with E-state index in [0.717, 1.165) is 44.1 Å². The normalized spacial score (nSPS) is 20.1. The van der Waals surface area contributed by atoms with Gasteiger partial charge in [0, 0.05) is 44.5 Å². The van der Waals surface area contributed by atoms with Crippen LogP contribution in [0.5, 0.6) is 0 Å². The first-order chi connectivity index (χ1) is 11.4. The van der Waals surface area contributed by atoms with E-state index in [1.54, 1.807) is 18.0 Å². The number of carbonyl (C=O) groups excluding carboxylic acids is 2. The Kier molecular flexibility index (Phi) is 4.60. The van der Waals surface area contributed by atoms with E-state index in [0.29, 0.717) is 12.1 Å². The molecule has 1 N–H and O–H groups in total. The number of fused-ring (bicyclic) bond motifs is 1. The molecule has 0 radical (unpaired) electrons. The van der Waals surface area contributed by atoms with E-state index in [2.05, 4.69) is 10.2 Å². The molecule has 0 aromatic heterocycles. The molecule has 3 rings (SSSR count). The molecule has 1 fully saturated rings. The topological polar surface area (TPSA) is 61.9 Å². The average Bonchev–Trinajstić information content (AvgIpc) is 2.76. The number of nitrogens with one attached hydrogen (secondary N) is 1. The molecule has 0 saturated carbocycles. The summed E-state index contributed by atoms with van der Waals surface area (Å²) in [6.07, 6.45) is 0. The van der Waals surface area contributed by atoms with Gasteiger partial charge in [-0.2, -0.15) is 0 Å². The monoisotopic (exact) mass is 331 g/mol. The maximum Gasteiger partial charge on any atom is 0.251 e. The molecule has 2 aliphatic rings. The lowest BCUT2D eigenvalue weighted by Crippen LogP contribution is -2.41. The number of carbonyl (C=O) groups is 2. The minimum atomic E-state index is -0.589. The van der Waals surface area contributed by atoms with Crippen molar-refractivity contribution in [3.63, 3.8) is 0 Å². The lowest BCUT2D eigenvalue weighted by molar-refractivity contribution is -0.121. The second kappa shape index (κ2) is 6.53. The Morgan fingerprint density at radius 3 is 2.71 bits per heavy atom. The van der Waals surface area contributed by atoms with Crippen LogP contribution in [0.1, 0.15) is 29.8 Å². The second-order valence-corrected chi connectivity index (χ2v) is 6.93. The fraction of sp³-hybridized carbons (Fsp3) is 0.556. The lowest BCUT2D eigenvalue weighted by atomic mass is 9.85. The first-order valence-electron chi connectivity index (χ1n) is 8.42. The number of nitrogens with zero attached hydrogens (tertiary/aromatic N) is 2. The van der Waals surface area contributed by atoms with Crippen molar-refractivity contribution in [3.8, 4) is 0 Å². The van der Waals surface area contributed by atoms with Crippen LogP contribution in [-0.4, -0.2) is 63.2 Å². The fourth-order valence-electron chi connectivity index (χ4n) is 3.37. The summed E-state index contributed by atoms with van der Waals surface area (Å²) in [4.78, 5) is 28.7. The van der Waals surface area contributed by atoms with Gasteiger partial charge in [-0.3, -0.25) is 14.5 Å². The average molecular weight is 331 g/mol. The summed E-state index contributed by atoms with van der Waals surface area (Å²) in [6, 6.07) is 5.49. The summed E-state index contributed by atoms with van der Waals surface area (Å²) in [5.41, 5.74) is 1.81. The lowest BCUT2D eigenvalue weighted by Gasteiger charge is -2.26. The number of likely N-dealkylation sites (N-methyl/N-ethyl adjacent to an activating group) is 1. The number of hydrogen-bond acceptors (Lipinski definition) is 4. The Morgan fingerprint density at radius 2 is 2.00 bits per heavy atom. The van der Waals surface area contributed by atoms with Gasteiger partial charge in [-0.15, -0.1) is 0 Å². The highest BCUT2D eigenvalue weighted by molar-refractivity contribution is 6.08. The van der Waals surface area contributed by atoms with Crippen molar-refractivity contribution in [1.29, 1.82) is 0 Å². The molecule has 0 unspecified atom stereocenters. The van der Waals surface area contributed by atoms with Crippen LogP contribution in [0.25, 0.3) is 0 Å². The molecule has 0 atom stereocenters. The maximum absolute atomic E-state index is 12.4. The SMILES string of the molecule is CN1C(=O)C(C)(C)c2cc(C(=O)NCCN3CCOCC3)ccc21. The van der Waals surface area contributed by atoms with E-state index in [-0.39, 0.29) is 11.8 Å². The molecule has 1 saturated heterocycles. The summed E-state index contributed by atoms with van der Waals surface area (Å²) >= 11 is 0. The molecule has 2 aliphatic heterocycles. The van der Waals surface area contributed by atoms with Crippen LogP contribution in [-0.2, 0) is 14.9 Å². The van der Waals surface area contributed by atoms with Gasteiger partial charge in [-0.1, -0.05) is 0 Å². The molecule has 24 heavy (non-hydrogen) atoms. The first kappa shape index (κ1) is 16.9. The van der Waals surface area contributed by atoms with Crippen LogP contribution in [0, 0.1) is 0 Å². The van der Waals surface area contributed by atoms with Gasteiger partial charge in [-0.05, 0) is 37.6 Å². The largest absolute Gasteiger partial charge is 0.379 e. The zero-order valence-corrected chi connectivity index (χ0v) is 14.6. The summed E-state index contributed by atoms with van der Waals surface area (Å²) < 4.78 is 5.32. The summed E-state index contributed by atoms with van der Waals surface area (Å²) in [5.74, 6) is -0.0359. The predicted molar refractivity (Wildman–Crippen MR) is 92.5 cm³/mol. The van der Waals surface area contributed by atoms with E-state index in [9.17, 15) is 9.59 Å². The van der Waals surface area contributed by atoms with Crippen molar-refractivity contribution in [2.45, 2.75) is 19.3 Å². The smallest absolute Gasteiger partial charge is 0.251 e. The van der Waals surface area contributed by atoms with Crippen molar-refractivity contribution < 1.29 is 14.3 Å². The molecule has 6 nitrogen and oxygen atoms in total. The van der Waals surface area contributed by atoms with Gasteiger partial charge < -0.3 is 15.0 Å². The van der Waals surface area contributed by atoms with Crippen LogP contribution < -0.4 is 10.2 Å². The molecule has 2 amide bonds. The quantitative estimate of drug-likeness (QED) is 0.894. The minimum absolute atomic E-state index is 0.0578. The van der Waals surface area contributed by atoms with Crippen molar-refractivity contribution in [2.75, 3.05) is 51.3 Å². The van der Waals surface area contributed by atoms with Crippen LogP contribution in [0.2, 0.25) is 0 Å². The number of amides is 2. The third kappa shape index (κ3) is 3.03. The maximum atomic E-state index is 12.4. The van der Waals surface area contributed by atoms with Gasteiger partial charge in [0.25, 0.3) is 5.91 Å². The third-order valence-corrected chi connectivity index (χ3v) is 4.95. The minimum Gasteiger partial charge on any atom is -0.379 e. The summed E-state index contributed by atoms with van der Waals surface area (Å²) in [6.45, 7) is 8.58. The van der Waals surface area contributed by atoms with Gasteiger partial charge in [0.2, 0.25) is 5.91 Å². The molecule has 1 aromatic rings. The van der Waals surface area contributed by atoms with E-state index in [4.69, 9.17) is 4.74 Å². The number of morpholine rings is 1. The Morgan fingerprint density at radius 1 is 1.29 bits per heavy atom. The molecule has 1 aromatic carbocycles. The Hall–Kier alpha value is -1.92. The Balaban J connectivity index is 1.64. The zero-order valence-electron chi connectivity index (χ0n) is 14.6. The van der Waals surface area contributed by atoms with E-state index < -0.39 is 5.41 Å². The predicted octanol–water partition coefficient (Wildman–Crippen LogP) is 1.00. The van der Waals surface area contributed by atoms with Gasteiger partial charge in [0.15, 0.2) is 0 Å². The van der Waals surface area contributed by atoms with Gasteiger partial charge in [0.1, 0.15) is 0 Å².